The largest absolute Gasteiger partial charge is 0.448 e. The van der Waals surface area contributed by atoms with Crippen molar-refractivity contribution in [1.29, 1.82) is 0 Å². The highest BCUT2D eigenvalue weighted by molar-refractivity contribution is 7.71. The fraction of sp³-hybridized carbons (Fsp3) is 0.263. The lowest BCUT2D eigenvalue weighted by molar-refractivity contribution is -0.0716. The summed E-state index contributed by atoms with van der Waals surface area (Å²) in [5, 5.41) is 2.79. The summed E-state index contributed by atoms with van der Waals surface area (Å²) in [4.78, 5) is 18.4. The van der Waals surface area contributed by atoms with E-state index >= 15 is 0 Å². The molecule has 0 radical (unpaired) electrons. The third-order valence-corrected chi connectivity index (χ3v) is 5.20. The number of imidazole rings is 1. The lowest BCUT2D eigenvalue weighted by Crippen LogP contribution is -2.34. The number of nitrogens with one attached hydrogen (secondary N) is 3. The monoisotopic (exact) mass is 385 g/mol. The van der Waals surface area contributed by atoms with E-state index in [2.05, 4.69) is 15.3 Å². The van der Waals surface area contributed by atoms with Crippen LogP contribution >= 0.6 is 12.2 Å². The van der Waals surface area contributed by atoms with E-state index < -0.39 is 17.5 Å². The first-order valence-corrected chi connectivity index (χ1v) is 9.17. The third kappa shape index (κ3) is 2.76. The molecule has 1 aliphatic heterocycles. The van der Waals surface area contributed by atoms with Gasteiger partial charge in [-0.15, -0.1) is 0 Å². The Balaban J connectivity index is 1.44. The maximum absolute atomic E-state index is 13.9. The lowest BCUT2D eigenvalue weighted by atomic mass is 10.1. The Kier molecular flexibility index (Phi) is 3.51. The van der Waals surface area contributed by atoms with E-state index in [1.807, 2.05) is 0 Å². The topological polar surface area (TPSA) is 79.1 Å². The number of aromatic amines is 2. The first-order chi connectivity index (χ1) is 13.0. The van der Waals surface area contributed by atoms with Crippen LogP contribution in [0.25, 0.3) is 11.0 Å². The number of fused-ring (bicyclic) bond motifs is 2. The maximum atomic E-state index is 13.9. The van der Waals surface area contributed by atoms with Crippen LogP contribution in [0.2, 0.25) is 0 Å². The number of rotatable bonds is 2. The van der Waals surface area contributed by atoms with Gasteiger partial charge in [0.1, 0.15) is 5.82 Å². The zero-order valence-electron chi connectivity index (χ0n) is 14.2. The van der Waals surface area contributed by atoms with Crippen molar-refractivity contribution in [2.75, 3.05) is 5.32 Å². The van der Waals surface area contributed by atoms with Gasteiger partial charge in [-0.1, -0.05) is 0 Å². The summed E-state index contributed by atoms with van der Waals surface area (Å²) in [6, 6.07) is 7.72. The number of amides is 1. The Morgan fingerprint density at radius 3 is 2.70 bits per heavy atom. The van der Waals surface area contributed by atoms with Crippen LogP contribution in [0.4, 0.5) is 10.1 Å². The van der Waals surface area contributed by atoms with Crippen LogP contribution in [-0.4, -0.2) is 21.7 Å². The van der Waals surface area contributed by atoms with Gasteiger partial charge < -0.3 is 24.8 Å². The molecule has 5 rings (SSSR count). The van der Waals surface area contributed by atoms with Crippen molar-refractivity contribution in [2.45, 2.75) is 31.5 Å². The first-order valence-electron chi connectivity index (χ1n) is 8.76. The van der Waals surface area contributed by atoms with Gasteiger partial charge in [0.05, 0.1) is 16.6 Å². The first kappa shape index (κ1) is 16.3. The molecule has 3 aromatic rings. The second-order valence-corrected chi connectivity index (χ2v) is 7.30. The molecule has 0 atom stereocenters. The Morgan fingerprint density at radius 1 is 1.11 bits per heavy atom. The summed E-state index contributed by atoms with van der Waals surface area (Å²) in [6.07, 6.45) is 3.87. The number of aromatic nitrogens is 2. The molecule has 0 saturated heterocycles. The molecule has 1 amide bonds. The van der Waals surface area contributed by atoms with Gasteiger partial charge in [0, 0.05) is 24.6 Å². The van der Waals surface area contributed by atoms with E-state index in [-0.39, 0.29) is 5.56 Å². The van der Waals surface area contributed by atoms with Crippen LogP contribution in [0.3, 0.4) is 0 Å². The summed E-state index contributed by atoms with van der Waals surface area (Å²) in [6.45, 7) is 0. The Morgan fingerprint density at radius 2 is 1.89 bits per heavy atom. The van der Waals surface area contributed by atoms with Crippen molar-refractivity contribution in [3.8, 4) is 11.5 Å². The third-order valence-electron chi connectivity index (χ3n) is 4.99. The standard InChI is InChI=1S/C19H16FN3O3S/c20-10-7-12(16-13(8-10)22-18(27)23-16)17(24)21-11-3-4-14-15(9-11)26-19(25-14)5-1-2-6-19/h3-4,7-9H,1-2,5-6H2,(H,21,24)(H2,22,23,27). The highest BCUT2D eigenvalue weighted by Gasteiger charge is 2.44. The molecule has 0 bridgehead atoms. The number of hydrogen-bond donors (Lipinski definition) is 3. The van der Waals surface area contributed by atoms with Crippen molar-refractivity contribution >= 4 is 34.8 Å². The molecule has 138 valence electrons. The van der Waals surface area contributed by atoms with Gasteiger partial charge in [0.25, 0.3) is 11.7 Å². The van der Waals surface area contributed by atoms with Gasteiger partial charge >= 0.3 is 0 Å². The predicted octanol–water partition coefficient (Wildman–Crippen LogP) is 4.66. The van der Waals surface area contributed by atoms with Gasteiger partial charge in [0.2, 0.25) is 0 Å². The van der Waals surface area contributed by atoms with E-state index in [1.165, 1.54) is 12.1 Å². The fourth-order valence-corrected chi connectivity index (χ4v) is 3.99. The number of hydrogen-bond acceptors (Lipinski definition) is 4. The molecular weight excluding hydrogens is 369 g/mol. The average molecular weight is 385 g/mol. The van der Waals surface area contributed by atoms with Gasteiger partial charge in [-0.2, -0.15) is 0 Å². The summed E-state index contributed by atoms with van der Waals surface area (Å²) in [5.41, 5.74) is 1.62. The molecule has 8 heteroatoms. The van der Waals surface area contributed by atoms with Crippen molar-refractivity contribution in [3.05, 3.63) is 46.5 Å². The molecule has 0 unspecified atom stereocenters. The molecule has 6 nitrogen and oxygen atoms in total. The summed E-state index contributed by atoms with van der Waals surface area (Å²) < 4.78 is 26.2. The van der Waals surface area contributed by atoms with Gasteiger partial charge in [-0.25, -0.2) is 4.39 Å². The number of carbonyl (C=O) groups excluding carboxylic acids is 1. The SMILES string of the molecule is O=C(Nc1ccc2c(c1)OC1(CCCC1)O2)c1cc(F)cc2[nH]c(=S)[nH]c12. The van der Waals surface area contributed by atoms with Crippen LogP contribution in [0.5, 0.6) is 11.5 Å². The molecule has 2 heterocycles. The number of halogens is 1. The molecular formula is C19H16FN3O3S. The minimum atomic E-state index is -0.556. The molecule has 1 fully saturated rings. The van der Waals surface area contributed by atoms with E-state index in [1.54, 1.807) is 18.2 Å². The zero-order valence-corrected chi connectivity index (χ0v) is 15.0. The highest BCUT2D eigenvalue weighted by atomic mass is 32.1. The average Bonchev–Trinajstić information content (AvgIpc) is 3.31. The van der Waals surface area contributed by atoms with E-state index in [4.69, 9.17) is 21.7 Å². The number of ether oxygens (including phenoxy) is 2. The van der Waals surface area contributed by atoms with Crippen LogP contribution in [0.1, 0.15) is 36.0 Å². The van der Waals surface area contributed by atoms with E-state index in [0.717, 1.165) is 25.7 Å². The van der Waals surface area contributed by atoms with Crippen LogP contribution in [-0.2, 0) is 0 Å². The molecule has 2 aromatic carbocycles. The fourth-order valence-electron chi connectivity index (χ4n) is 3.77. The Bertz CT molecular complexity index is 1130. The molecule has 1 aliphatic carbocycles. The highest BCUT2D eigenvalue weighted by Crippen LogP contribution is 2.47. The van der Waals surface area contributed by atoms with Gasteiger partial charge in [-0.3, -0.25) is 4.79 Å². The van der Waals surface area contributed by atoms with Gasteiger partial charge in [0.15, 0.2) is 16.3 Å². The number of carbonyl (C=O) groups is 1. The molecule has 1 aromatic heterocycles. The van der Waals surface area contributed by atoms with Crippen molar-refractivity contribution in [1.82, 2.24) is 9.97 Å². The van der Waals surface area contributed by atoms with Crippen LogP contribution < -0.4 is 14.8 Å². The van der Waals surface area contributed by atoms with Crippen molar-refractivity contribution < 1.29 is 18.7 Å². The van der Waals surface area contributed by atoms with E-state index in [0.29, 0.717) is 33.0 Å². The molecule has 3 N–H and O–H groups in total. The van der Waals surface area contributed by atoms with Gasteiger partial charge in [-0.05, 0) is 49.3 Å². The molecule has 1 saturated carbocycles. The normalized spacial score (nSPS) is 16.9. The van der Waals surface area contributed by atoms with Crippen molar-refractivity contribution in [3.63, 3.8) is 0 Å². The lowest BCUT2D eigenvalue weighted by Gasteiger charge is -2.21. The molecule has 1 spiro atoms. The number of benzene rings is 2. The Hall–Kier alpha value is -2.87. The second-order valence-electron chi connectivity index (χ2n) is 6.89. The molecule has 27 heavy (non-hydrogen) atoms. The van der Waals surface area contributed by atoms with E-state index in [9.17, 15) is 9.18 Å². The minimum Gasteiger partial charge on any atom is -0.448 e. The Labute approximate surface area is 158 Å². The van der Waals surface area contributed by atoms with Crippen LogP contribution in [0.15, 0.2) is 30.3 Å². The number of H-pyrrole nitrogens is 2. The zero-order chi connectivity index (χ0) is 18.6. The quantitative estimate of drug-likeness (QED) is 0.561. The maximum Gasteiger partial charge on any atom is 0.257 e. The number of anilines is 1. The smallest absolute Gasteiger partial charge is 0.257 e. The summed E-state index contributed by atoms with van der Waals surface area (Å²) in [5.74, 6) is -0.233. The van der Waals surface area contributed by atoms with Crippen molar-refractivity contribution in [2.24, 2.45) is 0 Å². The summed E-state index contributed by atoms with van der Waals surface area (Å²) in [7, 11) is 0. The predicted molar refractivity (Wildman–Crippen MR) is 100 cm³/mol. The minimum absolute atomic E-state index is 0.169. The second kappa shape index (κ2) is 5.82. The summed E-state index contributed by atoms with van der Waals surface area (Å²) >= 11 is 5.04. The molecule has 2 aliphatic rings. The van der Waals surface area contributed by atoms with Crippen LogP contribution in [0, 0.1) is 10.6 Å².